The van der Waals surface area contributed by atoms with E-state index < -0.39 is 15.8 Å². The second-order valence-corrected chi connectivity index (χ2v) is 10.9. The molecule has 0 radical (unpaired) electrons. The van der Waals surface area contributed by atoms with Gasteiger partial charge in [-0.05, 0) is 43.9 Å². The highest BCUT2D eigenvalue weighted by Gasteiger charge is 2.48. The molecule has 2 aliphatic rings. The van der Waals surface area contributed by atoms with Crippen molar-refractivity contribution >= 4 is 49.0 Å². The van der Waals surface area contributed by atoms with Gasteiger partial charge in [-0.25, -0.2) is 13.2 Å². The monoisotopic (exact) mass is 392 g/mol. The van der Waals surface area contributed by atoms with Crippen LogP contribution in [0, 0.1) is 6.92 Å². The summed E-state index contributed by atoms with van der Waals surface area (Å²) in [4.78, 5) is 12.4. The maximum absolute atomic E-state index is 12.6. The van der Waals surface area contributed by atoms with Gasteiger partial charge in [0.15, 0.2) is 9.84 Å². The van der Waals surface area contributed by atoms with Gasteiger partial charge in [-0.15, -0.1) is 0 Å². The molecule has 2 heterocycles. The number of sulfone groups is 1. The van der Waals surface area contributed by atoms with Crippen LogP contribution in [0.1, 0.15) is 41.3 Å². The number of benzene rings is 1. The number of halogens is 1. The number of ether oxygens (including phenoxy) is 1. The van der Waals surface area contributed by atoms with Crippen LogP contribution < -0.4 is 0 Å². The smallest absolute Gasteiger partial charge is 0.338 e. The summed E-state index contributed by atoms with van der Waals surface area (Å²) in [6.45, 7) is 3.80. The van der Waals surface area contributed by atoms with Crippen molar-refractivity contribution < 1.29 is 17.9 Å². The Labute approximate surface area is 149 Å². The minimum Gasteiger partial charge on any atom is -0.462 e. The summed E-state index contributed by atoms with van der Waals surface area (Å²) in [7, 11) is 0.0319. The Kier molecular flexibility index (Phi) is 4.68. The second-order valence-electron chi connectivity index (χ2n) is 5.67. The fourth-order valence-corrected chi connectivity index (χ4v) is 9.35. The zero-order valence-electron chi connectivity index (χ0n) is 12.8. The van der Waals surface area contributed by atoms with Gasteiger partial charge in [0.2, 0.25) is 0 Å². The molecule has 1 atom stereocenters. The molecule has 8 heteroatoms. The standard InChI is InChI=1S/C15H17ClO4S3/c1-3-20-14(17)10-8-11(16)13-12(9(10)2)15(4-6-21-22-15)5-7-23(13,18)19/h8H,3-7H2,1-2H3. The number of hydrogen-bond acceptors (Lipinski definition) is 6. The fraction of sp³-hybridized carbons (Fsp3) is 0.533. The number of rotatable bonds is 2. The zero-order chi connectivity index (χ0) is 16.8. The van der Waals surface area contributed by atoms with E-state index >= 15 is 0 Å². The molecule has 3 rings (SSSR count). The predicted octanol–water partition coefficient (Wildman–Crippen LogP) is 3.98. The number of carbonyl (C=O) groups excluding carboxylic acids is 1. The van der Waals surface area contributed by atoms with Gasteiger partial charge < -0.3 is 4.74 Å². The molecule has 1 aromatic rings. The van der Waals surface area contributed by atoms with Gasteiger partial charge in [0, 0.05) is 5.75 Å². The highest BCUT2D eigenvalue weighted by atomic mass is 35.5. The van der Waals surface area contributed by atoms with Gasteiger partial charge in [-0.3, -0.25) is 0 Å². The molecular weight excluding hydrogens is 376 g/mol. The van der Waals surface area contributed by atoms with Crippen molar-refractivity contribution in [3.05, 3.63) is 27.8 Å². The number of fused-ring (bicyclic) bond motifs is 2. The Balaban J connectivity index is 2.30. The Morgan fingerprint density at radius 1 is 1.43 bits per heavy atom. The average molecular weight is 393 g/mol. The Morgan fingerprint density at radius 2 is 2.17 bits per heavy atom. The molecule has 0 aromatic heterocycles. The molecule has 1 spiro atoms. The molecule has 1 fully saturated rings. The molecule has 23 heavy (non-hydrogen) atoms. The zero-order valence-corrected chi connectivity index (χ0v) is 16.1. The molecule has 1 aromatic carbocycles. The molecular formula is C15H17ClO4S3. The molecule has 126 valence electrons. The molecule has 0 N–H and O–H groups in total. The van der Waals surface area contributed by atoms with Gasteiger partial charge in [0.05, 0.1) is 32.6 Å². The highest BCUT2D eigenvalue weighted by molar-refractivity contribution is 8.77. The van der Waals surface area contributed by atoms with Crippen LogP contribution in [0.25, 0.3) is 0 Å². The van der Waals surface area contributed by atoms with E-state index in [1.54, 1.807) is 35.4 Å². The maximum Gasteiger partial charge on any atom is 0.338 e. The third-order valence-electron chi connectivity index (χ3n) is 4.34. The van der Waals surface area contributed by atoms with E-state index in [2.05, 4.69) is 0 Å². The summed E-state index contributed by atoms with van der Waals surface area (Å²) in [6.07, 6.45) is 1.44. The van der Waals surface area contributed by atoms with Crippen LogP contribution in [-0.4, -0.2) is 32.5 Å². The van der Waals surface area contributed by atoms with E-state index in [1.807, 2.05) is 0 Å². The van der Waals surface area contributed by atoms with Crippen molar-refractivity contribution in [2.45, 2.75) is 36.3 Å². The van der Waals surface area contributed by atoms with Crippen LogP contribution in [0.3, 0.4) is 0 Å². The first kappa shape index (κ1) is 17.5. The third kappa shape index (κ3) is 2.79. The summed E-state index contributed by atoms with van der Waals surface area (Å²) in [6, 6.07) is 1.44. The van der Waals surface area contributed by atoms with Crippen molar-refractivity contribution in [2.75, 3.05) is 18.1 Å². The highest BCUT2D eigenvalue weighted by Crippen LogP contribution is 2.60. The lowest BCUT2D eigenvalue weighted by Crippen LogP contribution is -2.33. The van der Waals surface area contributed by atoms with Crippen LogP contribution in [-0.2, 0) is 19.3 Å². The minimum absolute atomic E-state index is 0.103. The molecule has 0 saturated carbocycles. The van der Waals surface area contributed by atoms with Crippen molar-refractivity contribution in [3.63, 3.8) is 0 Å². The van der Waals surface area contributed by atoms with Gasteiger partial charge >= 0.3 is 5.97 Å². The first-order valence-corrected chi connectivity index (χ1v) is 11.7. The second kappa shape index (κ2) is 6.17. The van der Waals surface area contributed by atoms with Gasteiger partial charge in [-0.2, -0.15) is 0 Å². The molecule has 0 bridgehead atoms. The number of esters is 1. The van der Waals surface area contributed by atoms with Crippen molar-refractivity contribution in [3.8, 4) is 0 Å². The van der Waals surface area contributed by atoms with E-state index in [-0.39, 0.29) is 27.0 Å². The number of carbonyl (C=O) groups is 1. The van der Waals surface area contributed by atoms with Gasteiger partial charge in [0.25, 0.3) is 0 Å². The molecule has 4 nitrogen and oxygen atoms in total. The molecule has 2 aliphatic heterocycles. The molecule has 0 aliphatic carbocycles. The van der Waals surface area contributed by atoms with E-state index in [9.17, 15) is 13.2 Å². The lowest BCUT2D eigenvalue weighted by Gasteiger charge is -2.36. The minimum atomic E-state index is -3.42. The molecule has 1 unspecified atom stereocenters. The largest absolute Gasteiger partial charge is 0.462 e. The number of hydrogen-bond donors (Lipinski definition) is 0. The Hall–Kier alpha value is -0.370. The first-order valence-electron chi connectivity index (χ1n) is 7.36. The summed E-state index contributed by atoms with van der Waals surface area (Å²) in [5.74, 6) is 0.611. The predicted molar refractivity (Wildman–Crippen MR) is 95.2 cm³/mol. The van der Waals surface area contributed by atoms with E-state index in [0.29, 0.717) is 23.1 Å². The van der Waals surface area contributed by atoms with Crippen LogP contribution in [0.15, 0.2) is 11.0 Å². The first-order chi connectivity index (χ1) is 10.8. The van der Waals surface area contributed by atoms with Gasteiger partial charge in [-0.1, -0.05) is 33.2 Å². The van der Waals surface area contributed by atoms with E-state index in [0.717, 1.165) is 12.2 Å². The summed E-state index contributed by atoms with van der Waals surface area (Å²) in [5.41, 5.74) is 1.76. The van der Waals surface area contributed by atoms with E-state index in [1.165, 1.54) is 6.07 Å². The molecule has 1 saturated heterocycles. The van der Waals surface area contributed by atoms with Crippen LogP contribution in [0.2, 0.25) is 5.02 Å². The summed E-state index contributed by atoms with van der Waals surface area (Å²) < 4.78 is 30.0. The maximum atomic E-state index is 12.6. The summed E-state index contributed by atoms with van der Waals surface area (Å²) in [5, 5.41) is 0.130. The van der Waals surface area contributed by atoms with Crippen molar-refractivity contribution in [1.82, 2.24) is 0 Å². The van der Waals surface area contributed by atoms with Gasteiger partial charge in [0.1, 0.15) is 0 Å². The lowest BCUT2D eigenvalue weighted by molar-refractivity contribution is 0.0525. The lowest BCUT2D eigenvalue weighted by atomic mass is 9.86. The Morgan fingerprint density at radius 3 is 2.78 bits per heavy atom. The van der Waals surface area contributed by atoms with Crippen molar-refractivity contribution in [2.24, 2.45) is 0 Å². The topological polar surface area (TPSA) is 60.4 Å². The normalized spacial score (nSPS) is 25.3. The molecule has 0 amide bonds. The van der Waals surface area contributed by atoms with Crippen molar-refractivity contribution in [1.29, 1.82) is 0 Å². The average Bonchev–Trinajstić information content (AvgIpc) is 2.95. The fourth-order valence-electron chi connectivity index (χ4n) is 3.26. The third-order valence-corrected chi connectivity index (χ3v) is 9.77. The quantitative estimate of drug-likeness (QED) is 0.560. The van der Waals surface area contributed by atoms with Crippen LogP contribution in [0.5, 0.6) is 0 Å². The van der Waals surface area contributed by atoms with E-state index in [4.69, 9.17) is 16.3 Å². The SMILES string of the molecule is CCOC(=O)c1cc(Cl)c2c(c1C)C1(CCSS1)CCS2(=O)=O. The summed E-state index contributed by atoms with van der Waals surface area (Å²) >= 11 is 6.31. The Bertz CT molecular complexity index is 767. The van der Waals surface area contributed by atoms with Crippen LogP contribution >= 0.6 is 33.2 Å². The van der Waals surface area contributed by atoms with Crippen LogP contribution in [0.4, 0.5) is 0 Å².